The molecular formula is C8H10N2O. The minimum Gasteiger partial charge on any atom is -0.411 e. The first kappa shape index (κ1) is 7.72. The highest BCUT2D eigenvalue weighted by Gasteiger charge is 1.98. The fraction of sp³-hybridized carbons (Fsp3) is 0.250. The second-order valence-electron chi connectivity index (χ2n) is 2.14. The van der Waals surface area contributed by atoms with Crippen LogP contribution in [0, 0.1) is 0 Å². The van der Waals surface area contributed by atoms with Gasteiger partial charge in [-0.15, -0.1) is 0 Å². The largest absolute Gasteiger partial charge is 0.411 e. The summed E-state index contributed by atoms with van der Waals surface area (Å²) in [4.78, 5) is 3.91. The smallest absolute Gasteiger partial charge is 0.0880 e. The summed E-state index contributed by atoms with van der Waals surface area (Å²) in [6.45, 7) is 1.93. The summed E-state index contributed by atoms with van der Waals surface area (Å²) in [5, 5.41) is 11.7. The van der Waals surface area contributed by atoms with E-state index in [4.69, 9.17) is 5.21 Å². The zero-order valence-electron chi connectivity index (χ0n) is 6.36. The first-order chi connectivity index (χ1) is 5.38. The number of hydrogen-bond acceptors (Lipinski definition) is 3. The SMILES string of the molecule is CCC(=NO)c1cccnc1. The summed E-state index contributed by atoms with van der Waals surface area (Å²) in [5.74, 6) is 0. The third-order valence-corrected chi connectivity index (χ3v) is 1.45. The van der Waals surface area contributed by atoms with Crippen molar-refractivity contribution in [2.24, 2.45) is 5.16 Å². The van der Waals surface area contributed by atoms with Gasteiger partial charge in [-0.2, -0.15) is 0 Å². The molecule has 3 nitrogen and oxygen atoms in total. The summed E-state index contributed by atoms with van der Waals surface area (Å²) in [5.41, 5.74) is 1.54. The Bertz CT molecular complexity index is 244. The number of nitrogens with zero attached hydrogens (tertiary/aromatic N) is 2. The molecule has 0 fully saturated rings. The molecule has 1 aromatic heterocycles. The van der Waals surface area contributed by atoms with Crippen molar-refractivity contribution in [2.75, 3.05) is 0 Å². The highest BCUT2D eigenvalue weighted by atomic mass is 16.4. The molecular weight excluding hydrogens is 140 g/mol. The highest BCUT2D eigenvalue weighted by Crippen LogP contribution is 2.01. The second kappa shape index (κ2) is 3.71. The molecule has 3 heteroatoms. The Hall–Kier alpha value is -1.38. The van der Waals surface area contributed by atoms with E-state index in [1.54, 1.807) is 12.4 Å². The van der Waals surface area contributed by atoms with Crippen molar-refractivity contribution in [3.8, 4) is 0 Å². The summed E-state index contributed by atoms with van der Waals surface area (Å²) in [7, 11) is 0. The van der Waals surface area contributed by atoms with Gasteiger partial charge in [0.1, 0.15) is 0 Å². The van der Waals surface area contributed by atoms with Crippen molar-refractivity contribution in [1.29, 1.82) is 0 Å². The molecule has 0 saturated heterocycles. The molecule has 11 heavy (non-hydrogen) atoms. The molecule has 0 aromatic carbocycles. The van der Waals surface area contributed by atoms with E-state index in [1.165, 1.54) is 0 Å². The normalized spacial score (nSPS) is 11.5. The molecule has 0 aliphatic carbocycles. The minimum atomic E-state index is 0.665. The Kier molecular flexibility index (Phi) is 2.60. The van der Waals surface area contributed by atoms with E-state index in [-0.39, 0.29) is 0 Å². The Morgan fingerprint density at radius 2 is 2.55 bits per heavy atom. The zero-order chi connectivity index (χ0) is 8.10. The predicted molar refractivity (Wildman–Crippen MR) is 42.9 cm³/mol. The third-order valence-electron chi connectivity index (χ3n) is 1.45. The van der Waals surface area contributed by atoms with Gasteiger partial charge < -0.3 is 5.21 Å². The van der Waals surface area contributed by atoms with Gasteiger partial charge >= 0.3 is 0 Å². The molecule has 0 atom stereocenters. The molecule has 0 amide bonds. The van der Waals surface area contributed by atoms with Crippen LogP contribution in [0.25, 0.3) is 0 Å². The number of pyridine rings is 1. The van der Waals surface area contributed by atoms with Gasteiger partial charge in [0, 0.05) is 18.0 Å². The van der Waals surface area contributed by atoms with Gasteiger partial charge in [0.2, 0.25) is 0 Å². The first-order valence-electron chi connectivity index (χ1n) is 3.49. The maximum absolute atomic E-state index is 8.54. The van der Waals surface area contributed by atoms with Crippen molar-refractivity contribution in [3.05, 3.63) is 30.1 Å². The quantitative estimate of drug-likeness (QED) is 0.396. The third kappa shape index (κ3) is 1.77. The fourth-order valence-corrected chi connectivity index (χ4v) is 0.866. The Morgan fingerprint density at radius 1 is 1.73 bits per heavy atom. The molecule has 0 aliphatic heterocycles. The van der Waals surface area contributed by atoms with Crippen molar-refractivity contribution in [1.82, 2.24) is 4.98 Å². The molecule has 0 aliphatic rings. The highest BCUT2D eigenvalue weighted by molar-refractivity contribution is 5.99. The Morgan fingerprint density at radius 3 is 3.00 bits per heavy atom. The zero-order valence-corrected chi connectivity index (χ0v) is 6.36. The lowest BCUT2D eigenvalue weighted by molar-refractivity contribution is 0.318. The van der Waals surface area contributed by atoms with E-state index in [1.807, 2.05) is 19.1 Å². The van der Waals surface area contributed by atoms with E-state index in [0.29, 0.717) is 12.1 Å². The Labute approximate surface area is 65.4 Å². The van der Waals surface area contributed by atoms with Crippen LogP contribution >= 0.6 is 0 Å². The number of rotatable bonds is 2. The van der Waals surface area contributed by atoms with Gasteiger partial charge in [-0.3, -0.25) is 4.98 Å². The molecule has 0 unspecified atom stereocenters. The summed E-state index contributed by atoms with van der Waals surface area (Å²) in [6, 6.07) is 3.68. The lowest BCUT2D eigenvalue weighted by atomic mass is 10.1. The summed E-state index contributed by atoms with van der Waals surface area (Å²) < 4.78 is 0. The minimum absolute atomic E-state index is 0.665. The van der Waals surface area contributed by atoms with Crippen LogP contribution < -0.4 is 0 Å². The topological polar surface area (TPSA) is 45.5 Å². The lowest BCUT2D eigenvalue weighted by Crippen LogP contribution is -1.98. The van der Waals surface area contributed by atoms with Crippen LogP contribution in [0.4, 0.5) is 0 Å². The monoisotopic (exact) mass is 150 g/mol. The Balaban J connectivity index is 2.92. The van der Waals surface area contributed by atoms with Crippen LogP contribution in [-0.2, 0) is 0 Å². The van der Waals surface area contributed by atoms with E-state index >= 15 is 0 Å². The molecule has 0 bridgehead atoms. The van der Waals surface area contributed by atoms with E-state index < -0.39 is 0 Å². The first-order valence-corrected chi connectivity index (χ1v) is 3.49. The van der Waals surface area contributed by atoms with E-state index in [9.17, 15) is 0 Å². The molecule has 0 radical (unpaired) electrons. The van der Waals surface area contributed by atoms with Crippen LogP contribution in [0.5, 0.6) is 0 Å². The van der Waals surface area contributed by atoms with Crippen molar-refractivity contribution in [2.45, 2.75) is 13.3 Å². The number of hydrogen-bond donors (Lipinski definition) is 1. The van der Waals surface area contributed by atoms with E-state index in [0.717, 1.165) is 5.56 Å². The maximum atomic E-state index is 8.54. The standard InChI is InChI=1S/C8H10N2O/c1-2-8(10-11)7-4-3-5-9-6-7/h3-6,11H,2H2,1H3. The molecule has 1 N–H and O–H groups in total. The molecule has 0 saturated carbocycles. The van der Waals surface area contributed by atoms with Crippen molar-refractivity contribution in [3.63, 3.8) is 0 Å². The molecule has 1 rings (SSSR count). The second-order valence-corrected chi connectivity index (χ2v) is 2.14. The van der Waals surface area contributed by atoms with Gasteiger partial charge in [0.25, 0.3) is 0 Å². The fourth-order valence-electron chi connectivity index (χ4n) is 0.866. The number of oxime groups is 1. The van der Waals surface area contributed by atoms with Crippen LogP contribution in [0.2, 0.25) is 0 Å². The average Bonchev–Trinajstić information content (AvgIpc) is 2.09. The van der Waals surface area contributed by atoms with E-state index in [2.05, 4.69) is 10.1 Å². The van der Waals surface area contributed by atoms with Crippen molar-refractivity contribution >= 4 is 5.71 Å². The van der Waals surface area contributed by atoms with Gasteiger partial charge in [0.15, 0.2) is 0 Å². The van der Waals surface area contributed by atoms with Crippen LogP contribution in [0.3, 0.4) is 0 Å². The lowest BCUT2D eigenvalue weighted by Gasteiger charge is -1.97. The van der Waals surface area contributed by atoms with Gasteiger partial charge in [-0.25, -0.2) is 0 Å². The molecule has 0 spiro atoms. The summed E-state index contributed by atoms with van der Waals surface area (Å²) >= 11 is 0. The van der Waals surface area contributed by atoms with Crippen LogP contribution in [0.15, 0.2) is 29.7 Å². The van der Waals surface area contributed by atoms with Crippen LogP contribution in [-0.4, -0.2) is 15.9 Å². The molecule has 1 heterocycles. The van der Waals surface area contributed by atoms with Gasteiger partial charge in [-0.1, -0.05) is 12.1 Å². The molecule has 58 valence electrons. The van der Waals surface area contributed by atoms with Gasteiger partial charge in [0.05, 0.1) is 5.71 Å². The summed E-state index contributed by atoms with van der Waals surface area (Å²) in [6.07, 6.45) is 4.08. The van der Waals surface area contributed by atoms with Crippen LogP contribution in [0.1, 0.15) is 18.9 Å². The van der Waals surface area contributed by atoms with Gasteiger partial charge in [-0.05, 0) is 18.6 Å². The average molecular weight is 150 g/mol. The van der Waals surface area contributed by atoms with Crippen molar-refractivity contribution < 1.29 is 5.21 Å². The number of aromatic nitrogens is 1. The molecule has 1 aromatic rings. The maximum Gasteiger partial charge on any atom is 0.0880 e. The predicted octanol–water partition coefficient (Wildman–Crippen LogP) is 1.67.